The zero-order valence-electron chi connectivity index (χ0n) is 18.0. The van der Waals surface area contributed by atoms with Crippen molar-refractivity contribution in [2.45, 2.75) is 65.5 Å². The number of nitrogens with two attached hydrogens (primary N) is 1. The van der Waals surface area contributed by atoms with E-state index in [0.717, 1.165) is 48.0 Å². The summed E-state index contributed by atoms with van der Waals surface area (Å²) in [5.41, 5.74) is 8.74. The lowest BCUT2D eigenvalue weighted by atomic mass is 9.93. The highest BCUT2D eigenvalue weighted by Crippen LogP contribution is 2.33. The molecule has 6 heteroatoms. The number of anilines is 1. The number of nitrogens with one attached hydrogen (secondary N) is 1. The van der Waals surface area contributed by atoms with Crippen LogP contribution in [0.4, 0.5) is 5.69 Å². The van der Waals surface area contributed by atoms with Crippen LogP contribution in [0.5, 0.6) is 5.75 Å². The van der Waals surface area contributed by atoms with Crippen LogP contribution in [0.25, 0.3) is 10.9 Å². The number of aryl methyl sites for hydroxylation is 1. The molecule has 1 amide bonds. The van der Waals surface area contributed by atoms with Crippen LogP contribution >= 0.6 is 0 Å². The molecule has 0 radical (unpaired) electrons. The van der Waals surface area contributed by atoms with Gasteiger partial charge in [-0.2, -0.15) is 0 Å². The number of carbonyl (C=O) groups is 1. The second-order valence-electron chi connectivity index (χ2n) is 9.22. The Kier molecular flexibility index (Phi) is 6.63. The maximum Gasteiger partial charge on any atom is 0.246 e. The van der Waals surface area contributed by atoms with Gasteiger partial charge in [-0.1, -0.05) is 26.8 Å². The number of fused-ring (bicyclic) bond motifs is 1. The lowest BCUT2D eigenvalue weighted by Crippen LogP contribution is -2.41. The van der Waals surface area contributed by atoms with Crippen LogP contribution in [0.2, 0.25) is 0 Å². The first-order chi connectivity index (χ1) is 13.7. The smallest absolute Gasteiger partial charge is 0.246 e. The molecule has 6 nitrogen and oxygen atoms in total. The molecule has 0 saturated heterocycles. The molecule has 1 aromatic carbocycles. The van der Waals surface area contributed by atoms with Gasteiger partial charge >= 0.3 is 0 Å². The molecule has 0 aliphatic heterocycles. The van der Waals surface area contributed by atoms with Crippen molar-refractivity contribution < 1.29 is 14.3 Å². The van der Waals surface area contributed by atoms with Crippen LogP contribution < -0.4 is 15.8 Å². The summed E-state index contributed by atoms with van der Waals surface area (Å²) in [5.74, 6) is 0.748. The molecule has 0 spiro atoms. The van der Waals surface area contributed by atoms with E-state index >= 15 is 0 Å². The highest BCUT2D eigenvalue weighted by molar-refractivity contribution is 5.95. The summed E-state index contributed by atoms with van der Waals surface area (Å²) in [6.45, 7) is 8.90. The fraction of sp³-hybridized carbons (Fsp3) is 0.565. The molecule has 29 heavy (non-hydrogen) atoms. The van der Waals surface area contributed by atoms with Gasteiger partial charge in [-0.05, 0) is 56.2 Å². The van der Waals surface area contributed by atoms with Crippen molar-refractivity contribution in [2.75, 3.05) is 18.9 Å². The van der Waals surface area contributed by atoms with Gasteiger partial charge in [0.1, 0.15) is 12.4 Å². The maximum absolute atomic E-state index is 12.1. The number of ether oxygens (including phenoxy) is 2. The number of benzene rings is 1. The molecule has 158 valence electrons. The van der Waals surface area contributed by atoms with Gasteiger partial charge in [-0.3, -0.25) is 9.78 Å². The molecule has 3 N–H and O–H groups in total. The summed E-state index contributed by atoms with van der Waals surface area (Å²) in [7, 11) is 0. The Morgan fingerprint density at radius 3 is 2.66 bits per heavy atom. The molecule has 1 aliphatic rings. The van der Waals surface area contributed by atoms with Gasteiger partial charge in [0, 0.05) is 17.4 Å². The van der Waals surface area contributed by atoms with Gasteiger partial charge in [0.15, 0.2) is 0 Å². The Morgan fingerprint density at radius 1 is 1.24 bits per heavy atom. The van der Waals surface area contributed by atoms with Crippen LogP contribution in [0.3, 0.4) is 0 Å². The van der Waals surface area contributed by atoms with E-state index in [-0.39, 0.29) is 30.1 Å². The van der Waals surface area contributed by atoms with Gasteiger partial charge in [-0.15, -0.1) is 0 Å². The first-order valence-electron chi connectivity index (χ1n) is 10.4. The third-order valence-corrected chi connectivity index (χ3v) is 5.06. The Morgan fingerprint density at radius 2 is 1.97 bits per heavy atom. The SMILES string of the molecule is Cc1cc(N)c2c(O[C@H]3CC[C@H](NC(=O)COCC(C)(C)C)CC3)cccc2n1. The predicted octanol–water partition coefficient (Wildman–Crippen LogP) is 3.99. The summed E-state index contributed by atoms with van der Waals surface area (Å²) < 4.78 is 11.8. The minimum absolute atomic E-state index is 0.0399. The van der Waals surface area contributed by atoms with Crippen molar-refractivity contribution in [1.29, 1.82) is 0 Å². The van der Waals surface area contributed by atoms with Gasteiger partial charge in [0.25, 0.3) is 0 Å². The van der Waals surface area contributed by atoms with E-state index in [1.165, 1.54) is 0 Å². The Balaban J connectivity index is 1.51. The van der Waals surface area contributed by atoms with Crippen LogP contribution in [-0.4, -0.2) is 36.3 Å². The predicted molar refractivity (Wildman–Crippen MR) is 116 cm³/mol. The molecule has 0 unspecified atom stereocenters. The molecular weight excluding hydrogens is 366 g/mol. The first kappa shape index (κ1) is 21.4. The van der Waals surface area contributed by atoms with Gasteiger partial charge in [0.2, 0.25) is 5.91 Å². The number of pyridine rings is 1. The number of nitrogens with zero attached hydrogens (tertiary/aromatic N) is 1. The van der Waals surface area contributed by atoms with Crippen LogP contribution in [0.15, 0.2) is 24.3 Å². The van der Waals surface area contributed by atoms with Crippen molar-refractivity contribution in [1.82, 2.24) is 10.3 Å². The van der Waals surface area contributed by atoms with E-state index in [1.807, 2.05) is 31.2 Å². The number of hydrogen-bond donors (Lipinski definition) is 2. The average Bonchev–Trinajstić information content (AvgIpc) is 2.62. The minimum atomic E-state index is -0.0399. The van der Waals surface area contributed by atoms with E-state index in [9.17, 15) is 4.79 Å². The second-order valence-corrected chi connectivity index (χ2v) is 9.22. The molecule has 1 aliphatic carbocycles. The molecule has 0 atom stereocenters. The summed E-state index contributed by atoms with van der Waals surface area (Å²) in [6.07, 6.45) is 3.69. The standard InChI is InChI=1S/C23H33N3O3/c1-15-12-18(24)22-19(25-15)6-5-7-20(22)29-17-10-8-16(9-11-17)26-21(27)13-28-14-23(2,3)4/h5-7,12,16-17H,8-11,13-14H2,1-4H3,(H2,24,25)(H,26,27)/t16-,17-. The van der Waals surface area contributed by atoms with Crippen molar-refractivity contribution in [3.8, 4) is 5.75 Å². The second kappa shape index (κ2) is 8.99. The van der Waals surface area contributed by atoms with E-state index in [4.69, 9.17) is 15.2 Å². The maximum atomic E-state index is 12.1. The monoisotopic (exact) mass is 399 g/mol. The number of hydrogen-bond acceptors (Lipinski definition) is 5. The lowest BCUT2D eigenvalue weighted by Gasteiger charge is -2.30. The van der Waals surface area contributed by atoms with Crippen molar-refractivity contribution in [3.63, 3.8) is 0 Å². The highest BCUT2D eigenvalue weighted by Gasteiger charge is 2.24. The fourth-order valence-electron chi connectivity index (χ4n) is 3.74. The van der Waals surface area contributed by atoms with Crippen LogP contribution in [0, 0.1) is 12.3 Å². The van der Waals surface area contributed by atoms with E-state index in [2.05, 4.69) is 31.1 Å². The van der Waals surface area contributed by atoms with Crippen LogP contribution in [-0.2, 0) is 9.53 Å². The number of rotatable bonds is 6. The number of amides is 1. The molecule has 0 bridgehead atoms. The summed E-state index contributed by atoms with van der Waals surface area (Å²) in [4.78, 5) is 16.6. The van der Waals surface area contributed by atoms with E-state index in [0.29, 0.717) is 12.3 Å². The topological polar surface area (TPSA) is 86.5 Å². The summed E-state index contributed by atoms with van der Waals surface area (Å²) >= 11 is 0. The average molecular weight is 400 g/mol. The molecule has 1 aromatic heterocycles. The van der Waals surface area contributed by atoms with Crippen LogP contribution in [0.1, 0.15) is 52.1 Å². The third kappa shape index (κ3) is 6.07. The third-order valence-electron chi connectivity index (χ3n) is 5.06. The molecule has 1 heterocycles. The molecule has 3 rings (SSSR count). The van der Waals surface area contributed by atoms with Gasteiger partial charge in [-0.25, -0.2) is 0 Å². The number of carbonyl (C=O) groups excluding carboxylic acids is 1. The zero-order chi connectivity index (χ0) is 21.0. The van der Waals surface area contributed by atoms with Crippen molar-refractivity contribution in [3.05, 3.63) is 30.0 Å². The van der Waals surface area contributed by atoms with Gasteiger partial charge < -0.3 is 20.5 Å². The zero-order valence-corrected chi connectivity index (χ0v) is 18.0. The summed E-state index contributed by atoms with van der Waals surface area (Å²) in [5, 5.41) is 3.96. The molecule has 1 fully saturated rings. The minimum Gasteiger partial charge on any atom is -0.490 e. The lowest BCUT2D eigenvalue weighted by molar-refractivity contribution is -0.127. The molecule has 2 aromatic rings. The number of nitrogen functional groups attached to an aromatic ring is 1. The Bertz CT molecular complexity index is 852. The number of aromatic nitrogens is 1. The first-order valence-corrected chi connectivity index (χ1v) is 10.4. The van der Waals surface area contributed by atoms with Crippen molar-refractivity contribution in [2.24, 2.45) is 5.41 Å². The quantitative estimate of drug-likeness (QED) is 0.767. The van der Waals surface area contributed by atoms with Gasteiger partial charge in [0.05, 0.1) is 23.6 Å². The van der Waals surface area contributed by atoms with E-state index < -0.39 is 0 Å². The normalized spacial score (nSPS) is 19.9. The Hall–Kier alpha value is -2.34. The largest absolute Gasteiger partial charge is 0.490 e. The van der Waals surface area contributed by atoms with E-state index in [1.54, 1.807) is 0 Å². The van der Waals surface area contributed by atoms with Crippen molar-refractivity contribution >= 4 is 22.5 Å². The Labute approximate surface area is 173 Å². The highest BCUT2D eigenvalue weighted by atomic mass is 16.5. The fourth-order valence-corrected chi connectivity index (χ4v) is 3.74. The molecular formula is C23H33N3O3. The summed E-state index contributed by atoms with van der Waals surface area (Å²) in [6, 6.07) is 7.93. The molecule has 1 saturated carbocycles.